The summed E-state index contributed by atoms with van der Waals surface area (Å²) in [6.07, 6.45) is 1.39. The molecule has 0 saturated heterocycles. The van der Waals surface area contributed by atoms with Crippen molar-refractivity contribution < 1.29 is 8.42 Å². The molecule has 90 valence electrons. The van der Waals surface area contributed by atoms with Gasteiger partial charge in [0.15, 0.2) is 5.03 Å². The molecule has 0 unspecified atom stereocenters. The van der Waals surface area contributed by atoms with Crippen LogP contribution in [-0.4, -0.2) is 18.6 Å². The van der Waals surface area contributed by atoms with Crippen LogP contribution in [-0.2, 0) is 15.4 Å². The Morgan fingerprint density at radius 1 is 1.24 bits per heavy atom. The summed E-state index contributed by atoms with van der Waals surface area (Å²) in [6, 6.07) is 8.52. The van der Waals surface area contributed by atoms with Crippen molar-refractivity contribution in [1.82, 2.24) is 10.2 Å². The van der Waals surface area contributed by atoms with Crippen LogP contribution in [0.5, 0.6) is 0 Å². The highest BCUT2D eigenvalue weighted by atomic mass is 79.9. The fourth-order valence-electron chi connectivity index (χ4n) is 1.26. The van der Waals surface area contributed by atoms with E-state index in [1.807, 2.05) is 12.1 Å². The molecule has 0 spiro atoms. The number of benzene rings is 1. The first-order valence-electron chi connectivity index (χ1n) is 4.79. The second kappa shape index (κ2) is 4.89. The van der Waals surface area contributed by atoms with Gasteiger partial charge in [-0.2, -0.15) is 13.5 Å². The summed E-state index contributed by atoms with van der Waals surface area (Å²) in [6.45, 7) is 0. The van der Waals surface area contributed by atoms with E-state index in [-0.39, 0.29) is 5.03 Å². The lowest BCUT2D eigenvalue weighted by Gasteiger charge is -2.06. The van der Waals surface area contributed by atoms with Crippen molar-refractivity contribution in [3.05, 3.63) is 42.1 Å². The fourth-order valence-corrected chi connectivity index (χ4v) is 2.61. The molecule has 0 bridgehead atoms. The zero-order valence-corrected chi connectivity index (χ0v) is 11.1. The number of H-pyrrole nitrogens is 1. The molecular weight excluding hydrogens is 306 g/mol. The average Bonchev–Trinajstić information content (AvgIpc) is 2.84. The third-order valence-electron chi connectivity index (χ3n) is 2.13. The summed E-state index contributed by atoms with van der Waals surface area (Å²) in [5.41, 5.74) is 1.60. The van der Waals surface area contributed by atoms with E-state index in [1.165, 1.54) is 12.3 Å². The smallest absolute Gasteiger partial charge is 0.278 e. The number of hydrogen-bond acceptors (Lipinski definition) is 3. The van der Waals surface area contributed by atoms with Crippen LogP contribution in [0.4, 0.5) is 5.69 Å². The zero-order valence-electron chi connectivity index (χ0n) is 8.72. The number of hydrogen-bond donors (Lipinski definition) is 2. The number of alkyl halides is 1. The molecule has 1 aromatic heterocycles. The van der Waals surface area contributed by atoms with E-state index in [2.05, 4.69) is 30.8 Å². The van der Waals surface area contributed by atoms with Gasteiger partial charge in [0.2, 0.25) is 0 Å². The predicted molar refractivity (Wildman–Crippen MR) is 68.5 cm³/mol. The van der Waals surface area contributed by atoms with Gasteiger partial charge in [-0.25, -0.2) is 0 Å². The van der Waals surface area contributed by atoms with E-state index >= 15 is 0 Å². The minimum Gasteiger partial charge on any atom is -0.278 e. The Kier molecular flexibility index (Phi) is 3.49. The van der Waals surface area contributed by atoms with Crippen molar-refractivity contribution in [3.8, 4) is 0 Å². The summed E-state index contributed by atoms with van der Waals surface area (Å²) in [5, 5.41) is 6.80. The number of nitrogens with zero attached hydrogens (tertiary/aromatic N) is 1. The highest BCUT2D eigenvalue weighted by molar-refractivity contribution is 9.08. The first-order valence-corrected chi connectivity index (χ1v) is 7.39. The lowest BCUT2D eigenvalue weighted by molar-refractivity contribution is 0.597. The maximum absolute atomic E-state index is 11.8. The molecule has 2 aromatic rings. The van der Waals surface area contributed by atoms with Gasteiger partial charge in [0.1, 0.15) is 0 Å². The summed E-state index contributed by atoms with van der Waals surface area (Å²) in [7, 11) is -3.57. The van der Waals surface area contributed by atoms with Crippen LogP contribution in [0.3, 0.4) is 0 Å². The summed E-state index contributed by atoms with van der Waals surface area (Å²) in [5.74, 6) is 0. The SMILES string of the molecule is O=S(=O)(Nc1ccc(CBr)cc1)c1ccn[nH]1. The van der Waals surface area contributed by atoms with Gasteiger partial charge in [-0.1, -0.05) is 28.1 Å². The van der Waals surface area contributed by atoms with Crippen LogP contribution in [0.15, 0.2) is 41.6 Å². The third kappa shape index (κ3) is 2.86. The highest BCUT2D eigenvalue weighted by Crippen LogP contribution is 2.15. The molecule has 1 heterocycles. The maximum atomic E-state index is 11.8. The fraction of sp³-hybridized carbons (Fsp3) is 0.100. The van der Waals surface area contributed by atoms with Crippen molar-refractivity contribution in [3.63, 3.8) is 0 Å². The quantitative estimate of drug-likeness (QED) is 0.848. The normalized spacial score (nSPS) is 11.4. The number of anilines is 1. The van der Waals surface area contributed by atoms with Gasteiger partial charge < -0.3 is 0 Å². The number of aromatic amines is 1. The van der Waals surface area contributed by atoms with Gasteiger partial charge in [0.25, 0.3) is 10.0 Å². The Labute approximate surface area is 107 Å². The van der Waals surface area contributed by atoms with Crippen molar-refractivity contribution in [2.24, 2.45) is 0 Å². The molecule has 1 aromatic carbocycles. The Bertz CT molecular complexity index is 579. The lowest BCUT2D eigenvalue weighted by atomic mass is 10.2. The van der Waals surface area contributed by atoms with E-state index in [1.54, 1.807) is 12.1 Å². The molecule has 2 rings (SSSR count). The molecule has 17 heavy (non-hydrogen) atoms. The van der Waals surface area contributed by atoms with E-state index in [9.17, 15) is 8.42 Å². The van der Waals surface area contributed by atoms with Gasteiger partial charge in [-0.15, -0.1) is 0 Å². The maximum Gasteiger partial charge on any atom is 0.278 e. The summed E-state index contributed by atoms with van der Waals surface area (Å²) < 4.78 is 26.1. The van der Waals surface area contributed by atoms with Crippen LogP contribution in [0.25, 0.3) is 0 Å². The van der Waals surface area contributed by atoms with Crippen molar-refractivity contribution >= 4 is 31.6 Å². The Morgan fingerprint density at radius 2 is 1.94 bits per heavy atom. The molecule has 2 N–H and O–H groups in total. The molecule has 0 aliphatic rings. The largest absolute Gasteiger partial charge is 0.278 e. The second-order valence-corrected chi connectivity index (χ2v) is 5.57. The monoisotopic (exact) mass is 315 g/mol. The van der Waals surface area contributed by atoms with Crippen molar-refractivity contribution in [2.75, 3.05) is 4.72 Å². The van der Waals surface area contributed by atoms with Crippen LogP contribution in [0, 0.1) is 0 Å². The van der Waals surface area contributed by atoms with Gasteiger partial charge in [-0.3, -0.25) is 9.82 Å². The van der Waals surface area contributed by atoms with Crippen LogP contribution in [0.1, 0.15) is 5.56 Å². The lowest BCUT2D eigenvalue weighted by Crippen LogP contribution is -2.13. The van der Waals surface area contributed by atoms with Crippen LogP contribution in [0.2, 0.25) is 0 Å². The van der Waals surface area contributed by atoms with Crippen molar-refractivity contribution in [1.29, 1.82) is 0 Å². The average molecular weight is 316 g/mol. The molecule has 5 nitrogen and oxygen atoms in total. The number of nitrogens with one attached hydrogen (secondary N) is 2. The topological polar surface area (TPSA) is 74.8 Å². The second-order valence-electron chi connectivity index (χ2n) is 3.36. The van der Waals surface area contributed by atoms with Crippen molar-refractivity contribution in [2.45, 2.75) is 10.4 Å². The predicted octanol–water partition coefficient (Wildman–Crippen LogP) is 2.11. The Balaban J connectivity index is 2.21. The minimum atomic E-state index is -3.57. The van der Waals surface area contributed by atoms with Gasteiger partial charge in [0.05, 0.1) is 6.20 Å². The molecule has 0 atom stereocenters. The number of halogens is 1. The Hall–Kier alpha value is -1.34. The molecule has 0 amide bonds. The molecule has 0 aliphatic heterocycles. The molecule has 0 fully saturated rings. The molecule has 0 aliphatic carbocycles. The first kappa shape index (κ1) is 12.1. The third-order valence-corrected chi connectivity index (χ3v) is 4.08. The minimum absolute atomic E-state index is 0.0436. The standard InChI is InChI=1S/C10H10BrN3O2S/c11-7-8-1-3-9(4-2-8)14-17(15,16)10-5-6-12-13-10/h1-6,14H,7H2,(H,12,13). The molecule has 7 heteroatoms. The number of rotatable bonds is 4. The molecular formula is C10H10BrN3O2S. The summed E-state index contributed by atoms with van der Waals surface area (Å²) >= 11 is 3.32. The van der Waals surface area contributed by atoms with Gasteiger partial charge in [-0.05, 0) is 23.8 Å². The summed E-state index contributed by atoms with van der Waals surface area (Å²) in [4.78, 5) is 0. The van der Waals surface area contributed by atoms with Gasteiger partial charge >= 0.3 is 0 Å². The van der Waals surface area contributed by atoms with E-state index in [0.29, 0.717) is 5.69 Å². The van der Waals surface area contributed by atoms with E-state index < -0.39 is 10.0 Å². The first-order chi connectivity index (χ1) is 8.12. The van der Waals surface area contributed by atoms with E-state index in [0.717, 1.165) is 10.9 Å². The number of aromatic nitrogens is 2. The van der Waals surface area contributed by atoms with Crippen LogP contribution >= 0.6 is 15.9 Å². The molecule has 0 radical (unpaired) electrons. The van der Waals surface area contributed by atoms with Gasteiger partial charge in [0, 0.05) is 11.0 Å². The Morgan fingerprint density at radius 3 is 2.47 bits per heavy atom. The number of sulfonamides is 1. The highest BCUT2D eigenvalue weighted by Gasteiger charge is 2.14. The van der Waals surface area contributed by atoms with E-state index in [4.69, 9.17) is 0 Å². The zero-order chi connectivity index (χ0) is 12.3. The van der Waals surface area contributed by atoms with Crippen LogP contribution < -0.4 is 4.72 Å². The molecule has 0 saturated carbocycles.